The first-order valence-corrected chi connectivity index (χ1v) is 9.89. The fraction of sp³-hybridized carbons (Fsp3) is 0.111. The molecule has 0 spiro atoms. The maximum atomic E-state index is 13.2. The number of hydrogen-bond acceptors (Lipinski definition) is 6. The van der Waals surface area contributed by atoms with E-state index < -0.39 is 38.4 Å². The summed E-state index contributed by atoms with van der Waals surface area (Å²) in [6, 6.07) is 11.2. The minimum absolute atomic E-state index is 0.309. The summed E-state index contributed by atoms with van der Waals surface area (Å²) in [5.74, 6) is 0. The van der Waals surface area contributed by atoms with Crippen LogP contribution in [0.15, 0.2) is 75.9 Å². The molecule has 1 aromatic heterocycles. The minimum atomic E-state index is -4.80. The maximum Gasteiger partial charge on any atom is 0.442 e. The number of nitrogens with zero attached hydrogens (tertiary/aromatic N) is 3. The highest BCUT2D eigenvalue weighted by Crippen LogP contribution is 2.52. The van der Waals surface area contributed by atoms with E-state index in [1.807, 2.05) is 0 Å². The van der Waals surface area contributed by atoms with Gasteiger partial charge in [-0.1, -0.05) is 18.2 Å². The van der Waals surface area contributed by atoms with Gasteiger partial charge in [-0.15, -0.1) is 10.2 Å². The SMILES string of the molecule is O=C(Nc1ccc2ncccc2c1)NS(=O)(=O)c1cccc(C2(C(F)(F)F)N=N2)c1. The van der Waals surface area contributed by atoms with Crippen molar-refractivity contribution in [3.63, 3.8) is 0 Å². The number of anilines is 1. The van der Waals surface area contributed by atoms with Gasteiger partial charge in [-0.25, -0.2) is 17.9 Å². The van der Waals surface area contributed by atoms with Crippen LogP contribution in [0.2, 0.25) is 0 Å². The monoisotopic (exact) mass is 435 g/mol. The zero-order valence-electron chi connectivity index (χ0n) is 14.9. The molecule has 2 N–H and O–H groups in total. The summed E-state index contributed by atoms with van der Waals surface area (Å²) in [7, 11) is -4.45. The van der Waals surface area contributed by atoms with Gasteiger partial charge in [-0.05, 0) is 36.4 Å². The van der Waals surface area contributed by atoms with Gasteiger partial charge in [0.2, 0.25) is 0 Å². The predicted octanol–water partition coefficient (Wildman–Crippen LogP) is 3.93. The second-order valence-electron chi connectivity index (χ2n) is 6.37. The molecule has 2 amide bonds. The number of alkyl halides is 3. The molecule has 0 unspecified atom stereocenters. The second-order valence-corrected chi connectivity index (χ2v) is 8.05. The smallest absolute Gasteiger partial charge is 0.307 e. The minimum Gasteiger partial charge on any atom is -0.307 e. The Morgan fingerprint density at radius 2 is 1.77 bits per heavy atom. The lowest BCUT2D eigenvalue weighted by molar-refractivity contribution is -0.166. The van der Waals surface area contributed by atoms with Gasteiger partial charge >= 0.3 is 17.9 Å². The Morgan fingerprint density at radius 3 is 2.47 bits per heavy atom. The third-order valence-corrected chi connectivity index (χ3v) is 5.66. The summed E-state index contributed by atoms with van der Waals surface area (Å²) in [4.78, 5) is 15.8. The van der Waals surface area contributed by atoms with E-state index in [1.54, 1.807) is 35.2 Å². The maximum absolute atomic E-state index is 13.2. The molecule has 12 heteroatoms. The Hall–Kier alpha value is -3.54. The number of fused-ring (bicyclic) bond motifs is 1. The van der Waals surface area contributed by atoms with Crippen LogP contribution in [-0.2, 0) is 15.7 Å². The molecule has 4 rings (SSSR count). The van der Waals surface area contributed by atoms with Crippen molar-refractivity contribution in [1.29, 1.82) is 0 Å². The van der Waals surface area contributed by atoms with Crippen molar-refractivity contribution in [2.45, 2.75) is 16.7 Å². The van der Waals surface area contributed by atoms with Crippen molar-refractivity contribution in [2.75, 3.05) is 5.32 Å². The van der Waals surface area contributed by atoms with Crippen molar-refractivity contribution >= 4 is 32.6 Å². The molecule has 0 saturated heterocycles. The number of halogens is 3. The number of hydrogen-bond donors (Lipinski definition) is 2. The molecule has 1 aliphatic rings. The highest BCUT2D eigenvalue weighted by Gasteiger charge is 2.65. The van der Waals surface area contributed by atoms with Crippen molar-refractivity contribution < 1.29 is 26.4 Å². The van der Waals surface area contributed by atoms with Crippen LogP contribution in [-0.4, -0.2) is 25.6 Å². The zero-order chi connectivity index (χ0) is 21.6. The standard InChI is InChI=1S/C18H12F3N5O3S/c19-18(20,21)17(25-26-17)12-4-1-5-14(10-12)30(28,29)24-16(27)23-13-6-7-15-11(9-13)3-2-8-22-15/h1-10H,(H2,23,24,27). The van der Waals surface area contributed by atoms with E-state index in [4.69, 9.17) is 0 Å². The fourth-order valence-electron chi connectivity index (χ4n) is 2.81. The van der Waals surface area contributed by atoms with Crippen LogP contribution in [0.4, 0.5) is 23.7 Å². The molecular formula is C18H12F3N5O3S. The molecule has 2 heterocycles. The number of sulfonamides is 1. The molecule has 2 aromatic carbocycles. The molecule has 30 heavy (non-hydrogen) atoms. The van der Waals surface area contributed by atoms with E-state index in [0.29, 0.717) is 11.2 Å². The molecule has 0 bridgehead atoms. The summed E-state index contributed by atoms with van der Waals surface area (Å²) < 4.78 is 66.2. The lowest BCUT2D eigenvalue weighted by Crippen LogP contribution is -2.35. The number of amides is 2. The number of benzene rings is 2. The van der Waals surface area contributed by atoms with Crippen molar-refractivity contribution in [3.05, 3.63) is 66.4 Å². The average Bonchev–Trinajstić information content (AvgIpc) is 3.50. The number of rotatable bonds is 4. The van der Waals surface area contributed by atoms with Crippen molar-refractivity contribution in [1.82, 2.24) is 9.71 Å². The molecule has 0 radical (unpaired) electrons. The van der Waals surface area contributed by atoms with Gasteiger partial charge in [0.15, 0.2) is 0 Å². The Labute approximate surface area is 167 Å². The number of pyridine rings is 1. The topological polar surface area (TPSA) is 113 Å². The average molecular weight is 435 g/mol. The van der Waals surface area contributed by atoms with E-state index in [9.17, 15) is 26.4 Å². The normalized spacial score (nSPS) is 15.0. The quantitative estimate of drug-likeness (QED) is 0.647. The Bertz CT molecular complexity index is 1290. The molecule has 0 aliphatic carbocycles. The number of nitrogens with one attached hydrogen (secondary N) is 2. The predicted molar refractivity (Wildman–Crippen MR) is 100 cm³/mol. The summed E-state index contributed by atoms with van der Waals surface area (Å²) >= 11 is 0. The van der Waals surface area contributed by atoms with Crippen LogP contribution in [0, 0.1) is 0 Å². The molecule has 8 nitrogen and oxygen atoms in total. The summed E-state index contributed by atoms with van der Waals surface area (Å²) in [6.45, 7) is 0. The molecule has 154 valence electrons. The van der Waals surface area contributed by atoms with Crippen LogP contribution in [0.3, 0.4) is 0 Å². The van der Waals surface area contributed by atoms with Crippen molar-refractivity contribution in [2.24, 2.45) is 10.2 Å². The highest BCUT2D eigenvalue weighted by molar-refractivity contribution is 7.90. The van der Waals surface area contributed by atoms with Crippen LogP contribution in [0.1, 0.15) is 5.56 Å². The van der Waals surface area contributed by atoms with Gasteiger partial charge in [0.05, 0.1) is 10.4 Å². The molecule has 3 aromatic rings. The fourth-order valence-corrected chi connectivity index (χ4v) is 3.77. The first-order chi connectivity index (χ1) is 14.1. The van der Waals surface area contributed by atoms with Gasteiger partial charge in [0, 0.05) is 22.8 Å². The number of carbonyl (C=O) groups excluding carboxylic acids is 1. The van der Waals surface area contributed by atoms with Crippen molar-refractivity contribution in [3.8, 4) is 0 Å². The van der Waals surface area contributed by atoms with Gasteiger partial charge in [0.1, 0.15) is 0 Å². The number of urea groups is 1. The summed E-state index contributed by atoms with van der Waals surface area (Å²) in [6.07, 6.45) is -3.20. The van der Waals surface area contributed by atoms with E-state index >= 15 is 0 Å². The molecular weight excluding hydrogens is 423 g/mol. The van der Waals surface area contributed by atoms with Crippen LogP contribution >= 0.6 is 0 Å². The molecule has 0 atom stereocenters. The number of carbonyl (C=O) groups is 1. The summed E-state index contributed by atoms with van der Waals surface area (Å²) in [5, 5.41) is 9.17. The molecule has 0 saturated carbocycles. The van der Waals surface area contributed by atoms with Crippen LogP contribution in [0.25, 0.3) is 10.9 Å². The third-order valence-electron chi connectivity index (χ3n) is 4.33. The first kappa shape index (κ1) is 19.8. The largest absolute Gasteiger partial charge is 0.442 e. The summed E-state index contributed by atoms with van der Waals surface area (Å²) in [5.41, 5.74) is -2.23. The van der Waals surface area contributed by atoms with Crippen LogP contribution < -0.4 is 10.0 Å². The first-order valence-electron chi connectivity index (χ1n) is 8.41. The Balaban J connectivity index is 1.52. The van der Waals surface area contributed by atoms with E-state index in [1.165, 1.54) is 6.07 Å². The Morgan fingerprint density at radius 1 is 1.00 bits per heavy atom. The molecule has 0 fully saturated rings. The van der Waals surface area contributed by atoms with Gasteiger partial charge in [0.25, 0.3) is 10.0 Å². The zero-order valence-corrected chi connectivity index (χ0v) is 15.7. The van der Waals surface area contributed by atoms with Gasteiger partial charge < -0.3 is 5.32 Å². The van der Waals surface area contributed by atoms with E-state index in [0.717, 1.165) is 29.7 Å². The Kier molecular flexibility index (Phi) is 4.45. The van der Waals surface area contributed by atoms with E-state index in [2.05, 4.69) is 20.5 Å². The van der Waals surface area contributed by atoms with Gasteiger partial charge in [-0.3, -0.25) is 4.98 Å². The van der Waals surface area contributed by atoms with E-state index in [-0.39, 0.29) is 0 Å². The second kappa shape index (κ2) is 6.76. The third kappa shape index (κ3) is 3.56. The van der Waals surface area contributed by atoms with Crippen LogP contribution in [0.5, 0.6) is 0 Å². The van der Waals surface area contributed by atoms with Gasteiger partial charge in [-0.2, -0.15) is 13.2 Å². The lowest BCUT2D eigenvalue weighted by atomic mass is 10.0. The number of aromatic nitrogens is 1. The lowest BCUT2D eigenvalue weighted by Gasteiger charge is -2.16. The molecule has 1 aliphatic heterocycles. The highest BCUT2D eigenvalue weighted by atomic mass is 32.2.